The third-order valence-electron chi connectivity index (χ3n) is 19.7. The van der Waals surface area contributed by atoms with Crippen LogP contribution in [0.1, 0.15) is 393 Å². The molecular formula is C99H170O16P2. The van der Waals surface area contributed by atoms with Crippen molar-refractivity contribution in [3.63, 3.8) is 0 Å². The summed E-state index contributed by atoms with van der Waals surface area (Å²) < 4.78 is 61.4. The first kappa shape index (κ1) is 112. The van der Waals surface area contributed by atoms with Gasteiger partial charge in [-0.2, -0.15) is 0 Å². The van der Waals surface area contributed by atoms with Gasteiger partial charge in [0.1, 0.15) is 25.4 Å². The van der Waals surface area contributed by atoms with E-state index >= 15 is 0 Å². The fraction of sp³-hybridized carbons (Fsp3) is 0.707. The highest BCUT2D eigenvalue weighted by atomic mass is 31.2. The number of allylic oxidation sites excluding steroid dienone is 26. The van der Waals surface area contributed by atoms with E-state index < -0.39 is 91.5 Å². The molecule has 16 nitrogen and oxygen atoms in total. The molecule has 0 aliphatic carbocycles. The van der Waals surface area contributed by atoms with E-state index in [9.17, 15) is 43.5 Å². The summed E-state index contributed by atoms with van der Waals surface area (Å²) in [7, 11) is -9.82. The molecule has 0 bridgehead atoms. The van der Waals surface area contributed by atoms with Crippen LogP contribution in [-0.4, -0.2) is 95.9 Å². The summed E-state index contributed by atoms with van der Waals surface area (Å²) in [6, 6.07) is 0. The second-order valence-electron chi connectivity index (χ2n) is 31.1. The highest BCUT2D eigenvalue weighted by molar-refractivity contribution is 7.47. The third-order valence-corrected chi connectivity index (χ3v) is 21.6. The molecule has 4 N–H and O–H groups in total. The zero-order valence-corrected chi connectivity index (χ0v) is 75.9. The summed E-state index contributed by atoms with van der Waals surface area (Å²) in [4.78, 5) is 59.0. The number of esters is 3. The molecule has 0 aromatic heterocycles. The fourth-order valence-corrected chi connectivity index (χ4v) is 14.2. The number of phosphoric acid groups is 2. The number of carbonyl (C=O) groups is 3. The quantitative estimate of drug-likeness (QED) is 0.0146. The Morgan fingerprint density at radius 3 is 0.726 bits per heavy atom. The Balaban J connectivity index is 4.56. The standard InChI is InChI=1S/C99H170O16P2/c1-4-7-10-13-16-19-22-25-28-31-34-36-38-40-42-44-46-48-50-52-54-56-59-61-64-67-70-73-76-79-82-85-97(102)109-88-94(100)89-111-116(105,106)112-90-95(101)91-113-117(107,108)114-93-96(115-99(104)87-84-81-78-75-72-69-66-63-58-33-30-27-24-21-18-15-12-9-6-3)92-110-98(103)86-83-80-77-74-71-68-65-62-60-57-55-53-51-49-47-45-43-41-39-37-35-32-29-26-23-20-17-14-11-8-5-2/h9,12,16-21,25-30,34-37,40-43,58,63,69,72,94-96,100-101H,4-8,10-11,13-15,22-24,31-33,38-39,44-57,59-62,64-68,70-71,73-93H2,1-3H3,(H,105,106)(H,107,108)/b12-9-,19-16-,20-17-,21-18-,28-25-,29-26-,30-27-,36-34-,37-35-,42-40-,43-41-,63-58-,72-69-. The van der Waals surface area contributed by atoms with Crippen molar-refractivity contribution in [1.82, 2.24) is 0 Å². The molecule has 0 aliphatic heterocycles. The van der Waals surface area contributed by atoms with E-state index in [4.69, 9.17) is 32.3 Å². The second kappa shape index (κ2) is 90.4. The highest BCUT2D eigenvalue weighted by Crippen LogP contribution is 2.45. The normalized spacial score (nSPS) is 14.5. The summed E-state index contributed by atoms with van der Waals surface area (Å²) in [5.74, 6) is -1.60. The lowest BCUT2D eigenvalue weighted by atomic mass is 10.0. The molecule has 0 saturated carbocycles. The van der Waals surface area contributed by atoms with Crippen LogP contribution in [0.4, 0.5) is 0 Å². The van der Waals surface area contributed by atoms with Crippen molar-refractivity contribution in [2.24, 2.45) is 0 Å². The minimum atomic E-state index is -4.95. The van der Waals surface area contributed by atoms with Gasteiger partial charge < -0.3 is 34.2 Å². The number of hydrogen-bond acceptors (Lipinski definition) is 14. The molecule has 18 heteroatoms. The molecule has 0 spiro atoms. The molecule has 0 saturated heterocycles. The maximum atomic E-state index is 13.0. The molecule has 0 rings (SSSR count). The fourth-order valence-electron chi connectivity index (χ4n) is 12.6. The van der Waals surface area contributed by atoms with Crippen LogP contribution < -0.4 is 0 Å². The summed E-state index contributed by atoms with van der Waals surface area (Å²) in [6.07, 6.45) is 116. The molecule has 0 aliphatic rings. The van der Waals surface area contributed by atoms with E-state index in [0.717, 1.165) is 135 Å². The number of phosphoric ester groups is 2. The first-order valence-electron chi connectivity index (χ1n) is 46.8. The maximum Gasteiger partial charge on any atom is 0.472 e. The minimum Gasteiger partial charge on any atom is -0.463 e. The van der Waals surface area contributed by atoms with E-state index in [1.54, 1.807) is 0 Å². The van der Waals surface area contributed by atoms with Gasteiger partial charge in [-0.3, -0.25) is 32.5 Å². The van der Waals surface area contributed by atoms with Crippen LogP contribution in [0.5, 0.6) is 0 Å². The van der Waals surface area contributed by atoms with Gasteiger partial charge in [0.05, 0.1) is 26.4 Å². The van der Waals surface area contributed by atoms with Crippen LogP contribution in [0.15, 0.2) is 158 Å². The summed E-state index contributed by atoms with van der Waals surface area (Å²) in [6.45, 7) is 2.52. The SMILES string of the molecule is CC/C=C\C/C=C\C/C=C\C/C=C\C/C=C\CCCCCC(=O)OC(COC(=O)CCCCCCCCCCCCCCCCC/C=C\C/C=C\C/C=C\C/C=C\CCCCC)COP(=O)(O)OCC(O)COP(=O)(O)OCC(O)COC(=O)CCCCCCCCCCCCCCCCC/C=C\C/C=C\C/C=C\C/C=C\CCCCC. The van der Waals surface area contributed by atoms with Crippen LogP contribution >= 0.6 is 15.6 Å². The van der Waals surface area contributed by atoms with Crippen molar-refractivity contribution in [1.29, 1.82) is 0 Å². The summed E-state index contributed by atoms with van der Waals surface area (Å²) in [5, 5.41) is 20.7. The van der Waals surface area contributed by atoms with E-state index in [-0.39, 0.29) is 19.3 Å². The molecule has 0 amide bonds. The monoisotopic (exact) mass is 1680 g/mol. The van der Waals surface area contributed by atoms with E-state index in [0.29, 0.717) is 19.3 Å². The van der Waals surface area contributed by atoms with Crippen molar-refractivity contribution in [2.75, 3.05) is 39.6 Å². The molecule has 0 aromatic carbocycles. The summed E-state index contributed by atoms with van der Waals surface area (Å²) in [5.41, 5.74) is 0. The van der Waals surface area contributed by atoms with E-state index in [1.807, 2.05) is 0 Å². The van der Waals surface area contributed by atoms with Crippen molar-refractivity contribution in [3.05, 3.63) is 158 Å². The lowest BCUT2D eigenvalue weighted by Gasteiger charge is -2.21. The number of unbranched alkanes of at least 4 members (excludes halogenated alkanes) is 39. The minimum absolute atomic E-state index is 0.0624. The second-order valence-corrected chi connectivity index (χ2v) is 34.0. The number of aliphatic hydroxyl groups is 2. The van der Waals surface area contributed by atoms with Gasteiger partial charge in [0, 0.05) is 19.3 Å². The largest absolute Gasteiger partial charge is 0.472 e. The molecule has 672 valence electrons. The number of aliphatic hydroxyl groups excluding tert-OH is 2. The Bertz CT molecular complexity index is 2760. The zero-order valence-electron chi connectivity index (χ0n) is 74.1. The van der Waals surface area contributed by atoms with Gasteiger partial charge in [-0.1, -0.05) is 378 Å². The van der Waals surface area contributed by atoms with Crippen LogP contribution in [0.25, 0.3) is 0 Å². The molecule has 0 radical (unpaired) electrons. The third kappa shape index (κ3) is 91.7. The number of ether oxygens (including phenoxy) is 3. The van der Waals surface area contributed by atoms with Crippen molar-refractivity contribution >= 4 is 33.6 Å². The predicted molar refractivity (Wildman–Crippen MR) is 491 cm³/mol. The maximum absolute atomic E-state index is 13.0. The van der Waals surface area contributed by atoms with Crippen molar-refractivity contribution in [2.45, 2.75) is 411 Å². The molecule has 0 heterocycles. The smallest absolute Gasteiger partial charge is 0.463 e. The first-order valence-corrected chi connectivity index (χ1v) is 49.8. The van der Waals surface area contributed by atoms with Gasteiger partial charge in [-0.05, 0) is 154 Å². The number of hydrogen-bond donors (Lipinski definition) is 4. The Morgan fingerprint density at radius 2 is 0.453 bits per heavy atom. The van der Waals surface area contributed by atoms with E-state index in [2.05, 4.69) is 179 Å². The number of carbonyl (C=O) groups excluding carboxylic acids is 3. The highest BCUT2D eigenvalue weighted by Gasteiger charge is 2.29. The van der Waals surface area contributed by atoms with Crippen molar-refractivity contribution in [3.8, 4) is 0 Å². The molecule has 117 heavy (non-hydrogen) atoms. The average Bonchev–Trinajstić information content (AvgIpc) is 0.898. The Labute approximate surface area is 714 Å². The van der Waals surface area contributed by atoms with Gasteiger partial charge in [-0.25, -0.2) is 9.13 Å². The Kier molecular flexibility index (Phi) is 86.7. The van der Waals surface area contributed by atoms with Gasteiger partial charge in [0.2, 0.25) is 0 Å². The van der Waals surface area contributed by atoms with Gasteiger partial charge >= 0.3 is 33.6 Å². The number of rotatable bonds is 88. The first-order chi connectivity index (χ1) is 57.2. The van der Waals surface area contributed by atoms with Crippen LogP contribution in [0.3, 0.4) is 0 Å². The van der Waals surface area contributed by atoms with Crippen LogP contribution in [0.2, 0.25) is 0 Å². The Morgan fingerprint density at radius 1 is 0.248 bits per heavy atom. The van der Waals surface area contributed by atoms with Gasteiger partial charge in [-0.15, -0.1) is 0 Å². The van der Waals surface area contributed by atoms with Crippen LogP contribution in [0, 0.1) is 0 Å². The predicted octanol–water partition coefficient (Wildman–Crippen LogP) is 28.9. The molecular weight excluding hydrogens is 1510 g/mol. The van der Waals surface area contributed by atoms with Crippen molar-refractivity contribution < 1.29 is 75.8 Å². The summed E-state index contributed by atoms with van der Waals surface area (Å²) >= 11 is 0. The topological polar surface area (TPSA) is 231 Å². The lowest BCUT2D eigenvalue weighted by Crippen LogP contribution is -2.30. The average molecular weight is 1680 g/mol. The Hall–Kier alpha value is -4.83. The molecule has 5 unspecified atom stereocenters. The zero-order chi connectivity index (χ0) is 85.1. The van der Waals surface area contributed by atoms with Gasteiger partial charge in [0.15, 0.2) is 6.10 Å². The van der Waals surface area contributed by atoms with E-state index in [1.165, 1.54) is 199 Å². The van der Waals surface area contributed by atoms with Crippen LogP contribution in [-0.2, 0) is 55.8 Å². The molecule has 0 fully saturated rings. The lowest BCUT2D eigenvalue weighted by molar-refractivity contribution is -0.161. The van der Waals surface area contributed by atoms with Gasteiger partial charge in [0.25, 0.3) is 0 Å². The molecule has 0 aromatic rings. The molecule has 5 atom stereocenters.